The smallest absolute Gasteiger partial charge is 0.171 e. The van der Waals surface area contributed by atoms with E-state index in [1.54, 1.807) is 7.11 Å². The average Bonchev–Trinajstić information content (AvgIpc) is 2.42. The van der Waals surface area contributed by atoms with Crippen molar-refractivity contribution in [1.29, 1.82) is 0 Å². The first-order valence-electron chi connectivity index (χ1n) is 6.77. The van der Waals surface area contributed by atoms with Crippen molar-refractivity contribution in [1.82, 2.24) is 4.98 Å². The Hall–Kier alpha value is -1.29. The lowest BCUT2D eigenvalue weighted by Gasteiger charge is -2.36. The molecule has 1 aromatic rings. The van der Waals surface area contributed by atoms with Gasteiger partial charge in [-0.2, -0.15) is 0 Å². The van der Waals surface area contributed by atoms with Gasteiger partial charge in [0.1, 0.15) is 0 Å². The fourth-order valence-corrected chi connectivity index (χ4v) is 2.75. The number of ether oxygens (including phenoxy) is 1. The molecule has 0 spiro atoms. The van der Waals surface area contributed by atoms with Crippen LogP contribution in [0.15, 0.2) is 18.3 Å². The summed E-state index contributed by atoms with van der Waals surface area (Å²) in [5.74, 6) is 1.82. The Labute approximate surface area is 109 Å². The largest absolute Gasteiger partial charge is 0.493 e. The molecule has 1 aromatic heterocycles. The molecule has 0 aliphatic heterocycles. The van der Waals surface area contributed by atoms with Gasteiger partial charge in [-0.05, 0) is 44.7 Å². The second-order valence-electron chi connectivity index (χ2n) is 4.88. The highest BCUT2D eigenvalue weighted by atomic mass is 16.5. The second kappa shape index (κ2) is 6.05. The number of anilines is 1. The molecule has 0 radical (unpaired) electrons. The van der Waals surface area contributed by atoms with Gasteiger partial charge in [-0.15, -0.1) is 0 Å². The van der Waals surface area contributed by atoms with Crippen LogP contribution in [0.3, 0.4) is 0 Å². The molecule has 2 rings (SSSR count). The van der Waals surface area contributed by atoms with E-state index in [-0.39, 0.29) is 0 Å². The second-order valence-corrected chi connectivity index (χ2v) is 4.88. The molecule has 1 aliphatic carbocycles. The Morgan fingerprint density at radius 1 is 1.39 bits per heavy atom. The molecular formula is C14H23N3O. The van der Waals surface area contributed by atoms with Crippen molar-refractivity contribution in [2.45, 2.75) is 44.7 Å². The predicted molar refractivity (Wildman–Crippen MR) is 74.0 cm³/mol. The number of hydrogen-bond donors (Lipinski definition) is 1. The monoisotopic (exact) mass is 249 g/mol. The average molecular weight is 249 g/mol. The summed E-state index contributed by atoms with van der Waals surface area (Å²) < 4.78 is 5.41. The van der Waals surface area contributed by atoms with E-state index in [1.807, 2.05) is 18.3 Å². The van der Waals surface area contributed by atoms with Gasteiger partial charge in [0.05, 0.1) is 7.11 Å². The molecular weight excluding hydrogens is 226 g/mol. The lowest BCUT2D eigenvalue weighted by molar-refractivity contribution is 0.369. The first kappa shape index (κ1) is 13.1. The number of nitrogens with zero attached hydrogens (tertiary/aromatic N) is 2. The molecule has 1 saturated carbocycles. The van der Waals surface area contributed by atoms with Crippen LogP contribution in [0, 0.1) is 0 Å². The molecule has 1 heterocycles. The maximum absolute atomic E-state index is 5.97. The Bertz CT molecular complexity index is 375. The van der Waals surface area contributed by atoms with E-state index in [4.69, 9.17) is 10.5 Å². The minimum absolute atomic E-state index is 0.380. The molecule has 0 unspecified atom stereocenters. The molecule has 0 bridgehead atoms. The molecule has 4 heteroatoms. The number of hydrogen-bond acceptors (Lipinski definition) is 4. The minimum atomic E-state index is 0.380. The van der Waals surface area contributed by atoms with Gasteiger partial charge >= 0.3 is 0 Å². The van der Waals surface area contributed by atoms with Crippen molar-refractivity contribution in [3.8, 4) is 5.75 Å². The standard InChI is InChI=1S/C14H23N3O/c1-3-17(12-8-6-11(15)7-9-12)14-13(18-2)5-4-10-16-14/h4-5,10-12H,3,6-9,15H2,1-2H3. The van der Waals surface area contributed by atoms with Crippen LogP contribution in [-0.2, 0) is 0 Å². The normalized spacial score (nSPS) is 23.7. The fourth-order valence-electron chi connectivity index (χ4n) is 2.75. The van der Waals surface area contributed by atoms with Crippen molar-refractivity contribution < 1.29 is 4.74 Å². The maximum atomic E-state index is 5.97. The van der Waals surface area contributed by atoms with Crippen LogP contribution in [0.5, 0.6) is 5.75 Å². The zero-order valence-electron chi connectivity index (χ0n) is 11.3. The molecule has 2 N–H and O–H groups in total. The van der Waals surface area contributed by atoms with E-state index >= 15 is 0 Å². The van der Waals surface area contributed by atoms with Gasteiger partial charge in [-0.25, -0.2) is 4.98 Å². The summed E-state index contributed by atoms with van der Waals surface area (Å²) >= 11 is 0. The zero-order chi connectivity index (χ0) is 13.0. The van der Waals surface area contributed by atoms with E-state index in [0.29, 0.717) is 12.1 Å². The summed E-state index contributed by atoms with van der Waals surface area (Å²) in [6.45, 7) is 3.12. The van der Waals surface area contributed by atoms with Gasteiger partial charge in [-0.1, -0.05) is 0 Å². The van der Waals surface area contributed by atoms with Gasteiger partial charge in [-0.3, -0.25) is 0 Å². The van der Waals surface area contributed by atoms with Crippen LogP contribution in [0.25, 0.3) is 0 Å². The number of pyridine rings is 1. The Balaban J connectivity index is 2.17. The van der Waals surface area contributed by atoms with E-state index in [1.165, 1.54) is 0 Å². The first-order chi connectivity index (χ1) is 8.76. The molecule has 0 atom stereocenters. The summed E-state index contributed by atoms with van der Waals surface area (Å²) in [5, 5.41) is 0. The SMILES string of the molecule is CCN(c1ncccc1OC)C1CCC(N)CC1. The van der Waals surface area contributed by atoms with E-state index in [2.05, 4.69) is 16.8 Å². The lowest BCUT2D eigenvalue weighted by Crippen LogP contribution is -2.41. The van der Waals surface area contributed by atoms with Crippen molar-refractivity contribution in [3.05, 3.63) is 18.3 Å². The van der Waals surface area contributed by atoms with Crippen molar-refractivity contribution in [2.75, 3.05) is 18.6 Å². The van der Waals surface area contributed by atoms with E-state index in [0.717, 1.165) is 43.8 Å². The molecule has 1 fully saturated rings. The van der Waals surface area contributed by atoms with Crippen LogP contribution in [0.4, 0.5) is 5.82 Å². The number of nitrogens with two attached hydrogens (primary N) is 1. The van der Waals surface area contributed by atoms with Crippen LogP contribution < -0.4 is 15.4 Å². The van der Waals surface area contributed by atoms with Crippen LogP contribution in [0.1, 0.15) is 32.6 Å². The van der Waals surface area contributed by atoms with Crippen LogP contribution in [-0.4, -0.2) is 30.7 Å². The molecule has 1 aliphatic rings. The molecule has 4 nitrogen and oxygen atoms in total. The number of methoxy groups -OCH3 is 1. The summed E-state index contributed by atoms with van der Waals surface area (Å²) in [7, 11) is 1.70. The third kappa shape index (κ3) is 2.75. The summed E-state index contributed by atoms with van der Waals surface area (Å²) in [5.41, 5.74) is 5.97. The highest BCUT2D eigenvalue weighted by Gasteiger charge is 2.25. The van der Waals surface area contributed by atoms with Gasteiger partial charge in [0.25, 0.3) is 0 Å². The molecule has 0 saturated heterocycles. The van der Waals surface area contributed by atoms with Crippen LogP contribution in [0.2, 0.25) is 0 Å². The van der Waals surface area contributed by atoms with Gasteiger partial charge in [0.2, 0.25) is 0 Å². The van der Waals surface area contributed by atoms with E-state index < -0.39 is 0 Å². The fraction of sp³-hybridized carbons (Fsp3) is 0.643. The highest BCUT2D eigenvalue weighted by Crippen LogP contribution is 2.31. The summed E-state index contributed by atoms with van der Waals surface area (Å²) in [4.78, 5) is 6.84. The Kier molecular flexibility index (Phi) is 4.42. The number of aromatic nitrogens is 1. The topological polar surface area (TPSA) is 51.4 Å². The van der Waals surface area contributed by atoms with Crippen molar-refractivity contribution in [3.63, 3.8) is 0 Å². The summed E-state index contributed by atoms with van der Waals surface area (Å²) in [6, 6.07) is 4.80. The molecule has 100 valence electrons. The first-order valence-corrected chi connectivity index (χ1v) is 6.77. The molecule has 18 heavy (non-hydrogen) atoms. The maximum Gasteiger partial charge on any atom is 0.171 e. The lowest BCUT2D eigenvalue weighted by atomic mass is 9.90. The van der Waals surface area contributed by atoms with Gasteiger partial charge < -0.3 is 15.4 Å². The van der Waals surface area contributed by atoms with Gasteiger partial charge in [0, 0.05) is 24.8 Å². The third-order valence-electron chi connectivity index (χ3n) is 3.77. The molecule has 0 aromatic carbocycles. The van der Waals surface area contributed by atoms with Crippen LogP contribution >= 0.6 is 0 Å². The van der Waals surface area contributed by atoms with Gasteiger partial charge in [0.15, 0.2) is 11.6 Å². The summed E-state index contributed by atoms with van der Waals surface area (Å²) in [6.07, 6.45) is 6.34. The van der Waals surface area contributed by atoms with Crippen molar-refractivity contribution in [2.24, 2.45) is 5.73 Å². The quantitative estimate of drug-likeness (QED) is 0.888. The predicted octanol–water partition coefficient (Wildman–Crippen LogP) is 2.19. The Morgan fingerprint density at radius 3 is 2.72 bits per heavy atom. The molecule has 0 amide bonds. The third-order valence-corrected chi connectivity index (χ3v) is 3.77. The minimum Gasteiger partial charge on any atom is -0.493 e. The highest BCUT2D eigenvalue weighted by molar-refractivity contribution is 5.52. The Morgan fingerprint density at radius 2 is 2.11 bits per heavy atom. The van der Waals surface area contributed by atoms with Crippen molar-refractivity contribution >= 4 is 5.82 Å². The zero-order valence-corrected chi connectivity index (χ0v) is 11.3. The number of rotatable bonds is 4. The van der Waals surface area contributed by atoms with E-state index in [9.17, 15) is 0 Å².